The van der Waals surface area contributed by atoms with Crippen LogP contribution in [0.2, 0.25) is 10.0 Å². The third-order valence-electron chi connectivity index (χ3n) is 7.05. The van der Waals surface area contributed by atoms with Crippen molar-refractivity contribution in [3.05, 3.63) is 111 Å². The summed E-state index contributed by atoms with van der Waals surface area (Å²) in [5, 5.41) is 7.16. The minimum absolute atomic E-state index is 0.165. The van der Waals surface area contributed by atoms with Crippen LogP contribution in [0, 0.1) is 0 Å². The van der Waals surface area contributed by atoms with Crippen LogP contribution >= 0.6 is 23.2 Å². The molecule has 2 aromatic carbocycles. The number of pyridine rings is 3. The lowest BCUT2D eigenvalue weighted by atomic mass is 10.0. The molecule has 0 saturated heterocycles. The number of carbonyl (C=O) groups excluding carboxylic acids is 1. The van der Waals surface area contributed by atoms with Crippen molar-refractivity contribution in [1.29, 1.82) is 0 Å². The van der Waals surface area contributed by atoms with Crippen molar-refractivity contribution >= 4 is 57.2 Å². The Labute approximate surface area is 276 Å². The van der Waals surface area contributed by atoms with Crippen molar-refractivity contribution in [1.82, 2.24) is 19.4 Å². The summed E-state index contributed by atoms with van der Waals surface area (Å²) < 4.78 is 12.6. The fraction of sp³-hybridized carbons (Fsp3) is 0.176. The average Bonchev–Trinajstić information content (AvgIpc) is 3.04. The van der Waals surface area contributed by atoms with Gasteiger partial charge in [-0.2, -0.15) is 0 Å². The molecule has 0 spiro atoms. The van der Waals surface area contributed by atoms with E-state index in [4.69, 9.17) is 32.7 Å². The lowest BCUT2D eigenvalue weighted by molar-refractivity contribution is -0.111. The first-order valence-electron chi connectivity index (χ1n) is 14.2. The second kappa shape index (κ2) is 14.5. The van der Waals surface area contributed by atoms with Crippen LogP contribution in [0.15, 0.2) is 90.1 Å². The second-order valence-electron chi connectivity index (χ2n) is 10.6. The number of carbonyl (C=O) groups is 1. The number of benzene rings is 2. The first kappa shape index (κ1) is 32.5. The van der Waals surface area contributed by atoms with Gasteiger partial charge in [0.2, 0.25) is 5.91 Å². The van der Waals surface area contributed by atoms with E-state index in [1.807, 2.05) is 49.3 Å². The second-order valence-corrected chi connectivity index (χ2v) is 11.3. The third-order valence-corrected chi connectivity index (χ3v) is 7.80. The van der Waals surface area contributed by atoms with Crippen LogP contribution in [-0.2, 0) is 11.3 Å². The lowest BCUT2D eigenvalue weighted by Gasteiger charge is -2.18. The number of hydrogen-bond acceptors (Lipinski definition) is 8. The number of hydrogen-bond donors (Lipinski definition) is 2. The number of methoxy groups -OCH3 is 2. The molecule has 2 N–H and O–H groups in total. The van der Waals surface area contributed by atoms with Gasteiger partial charge in [-0.1, -0.05) is 41.4 Å². The van der Waals surface area contributed by atoms with Crippen LogP contribution in [0.3, 0.4) is 0 Å². The van der Waals surface area contributed by atoms with Crippen molar-refractivity contribution in [3.8, 4) is 22.6 Å². The number of rotatable bonds is 11. The van der Waals surface area contributed by atoms with Crippen LogP contribution in [-0.4, -0.2) is 60.2 Å². The molecular formula is C34H32Cl2N6O4. The zero-order valence-electron chi connectivity index (χ0n) is 25.7. The van der Waals surface area contributed by atoms with Crippen molar-refractivity contribution in [2.24, 2.45) is 0 Å². The van der Waals surface area contributed by atoms with Gasteiger partial charge in [-0.25, -0.2) is 4.98 Å². The zero-order valence-corrected chi connectivity index (χ0v) is 27.2. The quantitative estimate of drug-likeness (QED) is 0.152. The summed E-state index contributed by atoms with van der Waals surface area (Å²) in [7, 11) is 6.80. The van der Waals surface area contributed by atoms with E-state index in [2.05, 4.69) is 20.6 Å². The molecule has 0 aliphatic carbocycles. The van der Waals surface area contributed by atoms with Gasteiger partial charge in [0.1, 0.15) is 17.3 Å². The maximum absolute atomic E-state index is 14.4. The topological polar surface area (TPSA) is 111 Å². The Bertz CT molecular complexity index is 1950. The summed E-state index contributed by atoms with van der Waals surface area (Å²) in [6.07, 6.45) is 8.30. The maximum atomic E-state index is 14.4. The summed E-state index contributed by atoms with van der Waals surface area (Å²) in [6.45, 7) is 0.804. The van der Waals surface area contributed by atoms with E-state index in [1.54, 1.807) is 53.5 Å². The zero-order chi connectivity index (χ0) is 32.8. The van der Waals surface area contributed by atoms with Crippen molar-refractivity contribution in [2.45, 2.75) is 6.54 Å². The summed E-state index contributed by atoms with van der Waals surface area (Å²) in [4.78, 5) is 37.5. The van der Waals surface area contributed by atoms with Gasteiger partial charge in [-0.05, 0) is 50.0 Å². The molecule has 236 valence electrons. The molecule has 0 radical (unpaired) electrons. The predicted octanol–water partition coefficient (Wildman–Crippen LogP) is 6.63. The number of nitrogens with one attached hydrogen (secondary N) is 2. The molecule has 3 aromatic heterocycles. The maximum Gasteiger partial charge on any atom is 0.259 e. The number of nitrogens with zero attached hydrogens (tertiary/aromatic N) is 4. The number of halogens is 2. The molecule has 46 heavy (non-hydrogen) atoms. The molecular weight excluding hydrogens is 627 g/mol. The molecule has 0 fully saturated rings. The smallest absolute Gasteiger partial charge is 0.259 e. The summed E-state index contributed by atoms with van der Waals surface area (Å²) in [6, 6.07) is 16.0. The molecule has 5 aromatic rings. The summed E-state index contributed by atoms with van der Waals surface area (Å²) >= 11 is 13.5. The molecule has 0 atom stereocenters. The molecule has 0 bridgehead atoms. The highest BCUT2D eigenvalue weighted by Crippen LogP contribution is 2.45. The van der Waals surface area contributed by atoms with Gasteiger partial charge in [-0.15, -0.1) is 0 Å². The molecule has 3 heterocycles. The van der Waals surface area contributed by atoms with Crippen LogP contribution in [0.1, 0.15) is 5.56 Å². The minimum atomic E-state index is -0.353. The minimum Gasteiger partial charge on any atom is -0.495 e. The van der Waals surface area contributed by atoms with Crippen LogP contribution in [0.5, 0.6) is 11.5 Å². The fourth-order valence-electron chi connectivity index (χ4n) is 4.87. The molecule has 0 saturated carbocycles. The van der Waals surface area contributed by atoms with Gasteiger partial charge in [0.15, 0.2) is 0 Å². The van der Waals surface area contributed by atoms with E-state index in [1.165, 1.54) is 20.3 Å². The number of likely N-dealkylation sites (N-methyl/N-ethyl adjacent to an activating group) is 1. The van der Waals surface area contributed by atoms with Crippen molar-refractivity contribution in [3.63, 3.8) is 0 Å². The standard InChI is InChI=1S/C34H32Cl2N6O4/c1-41(2)14-6-9-30(43)40-24-8-5-7-21(15-24)20-42-26-17-29(39-23-10-12-37-13-11-23)38-19-22(26)16-25(34(42)44)31-32(35)27(45-3)18-28(46-4)33(31)36/h5-13,15-19H,14,20H2,1-4H3,(H,40,43)(H,37,38,39)/b9-6+. The van der Waals surface area contributed by atoms with Crippen LogP contribution in [0.25, 0.3) is 22.0 Å². The van der Waals surface area contributed by atoms with Gasteiger partial charge in [0.05, 0.1) is 41.9 Å². The Morgan fingerprint density at radius 1 is 0.978 bits per heavy atom. The van der Waals surface area contributed by atoms with Gasteiger partial charge >= 0.3 is 0 Å². The van der Waals surface area contributed by atoms with Crippen molar-refractivity contribution in [2.75, 3.05) is 45.5 Å². The Hall–Kier alpha value is -4.90. The Balaban J connectivity index is 1.63. The highest BCUT2D eigenvalue weighted by atomic mass is 35.5. The number of amides is 1. The monoisotopic (exact) mass is 658 g/mol. The Morgan fingerprint density at radius 2 is 1.70 bits per heavy atom. The molecule has 5 rings (SSSR count). The van der Waals surface area contributed by atoms with E-state index in [9.17, 15) is 9.59 Å². The molecule has 12 heteroatoms. The molecule has 1 amide bonds. The van der Waals surface area contributed by atoms with Gasteiger partial charge in [0, 0.05) is 65.7 Å². The lowest BCUT2D eigenvalue weighted by Crippen LogP contribution is -2.23. The van der Waals surface area contributed by atoms with E-state index < -0.39 is 0 Å². The SMILES string of the molecule is COc1cc(OC)c(Cl)c(-c2cc3cnc(Nc4ccncc4)cc3n(Cc3cccc(NC(=O)/C=C/CN(C)C)c3)c2=O)c1Cl. The third kappa shape index (κ3) is 7.31. The van der Waals surface area contributed by atoms with E-state index in [0.717, 1.165) is 11.3 Å². The van der Waals surface area contributed by atoms with Gasteiger partial charge in [0.25, 0.3) is 5.56 Å². The average molecular weight is 660 g/mol. The number of fused-ring (bicyclic) bond motifs is 1. The highest BCUT2D eigenvalue weighted by Gasteiger charge is 2.23. The molecule has 0 aliphatic heterocycles. The van der Waals surface area contributed by atoms with E-state index in [0.29, 0.717) is 40.5 Å². The Morgan fingerprint density at radius 3 is 2.37 bits per heavy atom. The first-order valence-corrected chi connectivity index (χ1v) is 15.0. The van der Waals surface area contributed by atoms with Crippen LogP contribution < -0.4 is 25.7 Å². The van der Waals surface area contributed by atoms with E-state index >= 15 is 0 Å². The molecule has 0 aliphatic rings. The number of ether oxygens (including phenoxy) is 2. The molecule has 0 unspecified atom stereocenters. The first-order chi connectivity index (χ1) is 22.2. The molecule has 10 nitrogen and oxygen atoms in total. The van der Waals surface area contributed by atoms with Crippen LogP contribution in [0.4, 0.5) is 17.2 Å². The van der Waals surface area contributed by atoms with Gasteiger partial charge < -0.3 is 29.6 Å². The van der Waals surface area contributed by atoms with E-state index in [-0.39, 0.29) is 39.2 Å². The normalized spacial score (nSPS) is 11.3. The van der Waals surface area contributed by atoms with Crippen molar-refractivity contribution < 1.29 is 14.3 Å². The predicted molar refractivity (Wildman–Crippen MR) is 184 cm³/mol. The Kier molecular flexibility index (Phi) is 10.2. The van der Waals surface area contributed by atoms with Gasteiger partial charge in [-0.3, -0.25) is 14.6 Å². The fourth-order valence-corrected chi connectivity index (χ4v) is 5.57. The summed E-state index contributed by atoms with van der Waals surface area (Å²) in [5.41, 5.74) is 2.94. The highest BCUT2D eigenvalue weighted by molar-refractivity contribution is 6.41. The number of anilines is 3. The summed E-state index contributed by atoms with van der Waals surface area (Å²) in [5.74, 6) is 0.895. The largest absolute Gasteiger partial charge is 0.495 e. The number of aromatic nitrogens is 3.